The molecule has 0 saturated carbocycles. The molecule has 0 bridgehead atoms. The molecule has 108 valence electrons. The number of rotatable bonds is 6. The van der Waals surface area contributed by atoms with E-state index >= 15 is 0 Å². The van der Waals surface area contributed by atoms with Crippen LogP contribution in [0.2, 0.25) is 0 Å². The fraction of sp³-hybridized carbons (Fsp3) is 0.467. The van der Waals surface area contributed by atoms with Gasteiger partial charge in [-0.1, -0.05) is 23.4 Å². The Morgan fingerprint density at radius 1 is 1.25 bits per heavy atom. The van der Waals surface area contributed by atoms with Crippen LogP contribution in [-0.4, -0.2) is 16.7 Å². The van der Waals surface area contributed by atoms with Crippen molar-refractivity contribution in [2.75, 3.05) is 12.3 Å². The molecule has 20 heavy (non-hydrogen) atoms. The third-order valence-corrected chi connectivity index (χ3v) is 3.18. The molecule has 1 heterocycles. The van der Waals surface area contributed by atoms with E-state index < -0.39 is 5.60 Å². The van der Waals surface area contributed by atoms with Gasteiger partial charge in [-0.25, -0.2) is 0 Å². The molecule has 5 nitrogen and oxygen atoms in total. The lowest BCUT2D eigenvalue weighted by Crippen LogP contribution is -2.23. The predicted molar refractivity (Wildman–Crippen MR) is 77.2 cm³/mol. The Hall–Kier alpha value is -1.88. The molecule has 0 radical (unpaired) electrons. The third-order valence-electron chi connectivity index (χ3n) is 3.18. The summed E-state index contributed by atoms with van der Waals surface area (Å²) in [6.07, 6.45) is 1.45. The number of aromatic nitrogens is 2. The maximum Gasteiger partial charge on any atom is 0.227 e. The summed E-state index contributed by atoms with van der Waals surface area (Å²) in [5.41, 5.74) is 7.27. The second kappa shape index (κ2) is 6.05. The minimum absolute atomic E-state index is 0.526. The van der Waals surface area contributed by atoms with Crippen LogP contribution in [0.3, 0.4) is 0 Å². The van der Waals surface area contributed by atoms with E-state index in [1.165, 1.54) is 0 Å². The average Bonchev–Trinajstić information content (AvgIpc) is 2.87. The lowest BCUT2D eigenvalue weighted by Gasteiger charge is -2.19. The monoisotopic (exact) mass is 275 g/mol. The first kappa shape index (κ1) is 14.5. The minimum Gasteiger partial charge on any atom is -0.399 e. The van der Waals surface area contributed by atoms with Crippen molar-refractivity contribution in [1.29, 1.82) is 0 Å². The summed E-state index contributed by atoms with van der Waals surface area (Å²) in [6.45, 7) is 6.42. The first-order valence-corrected chi connectivity index (χ1v) is 6.83. The summed E-state index contributed by atoms with van der Waals surface area (Å²) in [6, 6.07) is 7.81. The second-order valence-electron chi connectivity index (χ2n) is 5.15. The van der Waals surface area contributed by atoms with Gasteiger partial charge in [-0.2, -0.15) is 4.98 Å². The zero-order valence-electron chi connectivity index (χ0n) is 12.2. The highest BCUT2D eigenvalue weighted by atomic mass is 16.5. The van der Waals surface area contributed by atoms with Crippen LogP contribution < -0.4 is 5.73 Å². The fourth-order valence-electron chi connectivity index (χ4n) is 2.03. The molecule has 0 amide bonds. The van der Waals surface area contributed by atoms with Crippen LogP contribution in [0, 0.1) is 0 Å². The Morgan fingerprint density at radius 2 is 2.00 bits per heavy atom. The molecule has 0 atom stereocenters. The van der Waals surface area contributed by atoms with Gasteiger partial charge in [0.15, 0.2) is 0 Å². The highest BCUT2D eigenvalue weighted by Crippen LogP contribution is 2.22. The number of ether oxygens (including phenoxy) is 1. The number of anilines is 1. The lowest BCUT2D eigenvalue weighted by molar-refractivity contribution is -0.0221. The molecule has 2 N–H and O–H groups in total. The van der Waals surface area contributed by atoms with Crippen LogP contribution >= 0.6 is 0 Å². The number of nitrogens with zero attached hydrogens (tertiary/aromatic N) is 2. The van der Waals surface area contributed by atoms with Crippen LogP contribution in [-0.2, 0) is 23.2 Å². The number of nitrogens with two attached hydrogens (primary N) is 1. The molecule has 2 aromatic rings. The molecule has 2 rings (SSSR count). The van der Waals surface area contributed by atoms with E-state index in [9.17, 15) is 0 Å². The van der Waals surface area contributed by atoms with Crippen LogP contribution in [0.1, 0.15) is 38.0 Å². The Bertz CT molecular complexity index is 564. The highest BCUT2D eigenvalue weighted by Gasteiger charge is 2.26. The largest absolute Gasteiger partial charge is 0.399 e. The molecule has 0 aliphatic carbocycles. The molecule has 0 aliphatic rings. The number of hydrogen-bond donors (Lipinski definition) is 1. The van der Waals surface area contributed by atoms with E-state index in [1.807, 2.05) is 45.0 Å². The summed E-state index contributed by atoms with van der Waals surface area (Å²) in [7, 11) is 0. The number of aryl methyl sites for hydroxylation is 2. The van der Waals surface area contributed by atoms with Crippen molar-refractivity contribution in [1.82, 2.24) is 10.1 Å². The summed E-state index contributed by atoms with van der Waals surface area (Å²) in [5.74, 6) is 1.19. The van der Waals surface area contributed by atoms with E-state index in [0.29, 0.717) is 24.7 Å². The van der Waals surface area contributed by atoms with Gasteiger partial charge in [0.1, 0.15) is 5.60 Å². The summed E-state index contributed by atoms with van der Waals surface area (Å²) >= 11 is 0. The maximum absolute atomic E-state index is 5.91. The molecule has 0 saturated heterocycles. The van der Waals surface area contributed by atoms with Gasteiger partial charge < -0.3 is 15.0 Å². The van der Waals surface area contributed by atoms with Crippen LogP contribution in [0.25, 0.3) is 0 Å². The van der Waals surface area contributed by atoms with Crippen molar-refractivity contribution < 1.29 is 9.26 Å². The van der Waals surface area contributed by atoms with Crippen LogP contribution in [0.5, 0.6) is 0 Å². The molecule has 0 fully saturated rings. The molecular formula is C15H21N3O2. The summed E-state index contributed by atoms with van der Waals surface area (Å²) < 4.78 is 10.9. The van der Waals surface area contributed by atoms with Crippen molar-refractivity contribution >= 4 is 5.69 Å². The van der Waals surface area contributed by atoms with Gasteiger partial charge in [-0.3, -0.25) is 0 Å². The SMILES string of the molecule is CCOC(C)(C)c1noc(CCc2ccccc2N)n1. The molecule has 5 heteroatoms. The van der Waals surface area contributed by atoms with E-state index in [4.69, 9.17) is 15.0 Å². The Kier molecular flexibility index (Phi) is 4.39. The maximum atomic E-state index is 5.91. The first-order valence-electron chi connectivity index (χ1n) is 6.83. The first-order chi connectivity index (χ1) is 9.53. The van der Waals surface area contributed by atoms with Crippen LogP contribution in [0.15, 0.2) is 28.8 Å². The third kappa shape index (κ3) is 3.36. The zero-order valence-corrected chi connectivity index (χ0v) is 12.2. The van der Waals surface area contributed by atoms with Crippen molar-refractivity contribution in [2.24, 2.45) is 0 Å². The number of hydrogen-bond acceptors (Lipinski definition) is 5. The Labute approximate surface area is 119 Å². The van der Waals surface area contributed by atoms with Crippen molar-refractivity contribution in [3.63, 3.8) is 0 Å². The smallest absolute Gasteiger partial charge is 0.227 e. The van der Waals surface area contributed by atoms with E-state index in [-0.39, 0.29) is 0 Å². The van der Waals surface area contributed by atoms with Crippen LogP contribution in [0.4, 0.5) is 5.69 Å². The highest BCUT2D eigenvalue weighted by molar-refractivity contribution is 5.46. The van der Waals surface area contributed by atoms with Gasteiger partial charge in [-0.05, 0) is 38.8 Å². The van der Waals surface area contributed by atoms with Crippen molar-refractivity contribution in [3.8, 4) is 0 Å². The van der Waals surface area contributed by atoms with Gasteiger partial charge in [-0.15, -0.1) is 0 Å². The van der Waals surface area contributed by atoms with Crippen molar-refractivity contribution in [3.05, 3.63) is 41.5 Å². The fourth-order valence-corrected chi connectivity index (χ4v) is 2.03. The van der Waals surface area contributed by atoms with Gasteiger partial charge in [0, 0.05) is 18.7 Å². The number of nitrogen functional groups attached to an aromatic ring is 1. The van der Waals surface area contributed by atoms with Gasteiger partial charge in [0.25, 0.3) is 0 Å². The summed E-state index contributed by atoms with van der Waals surface area (Å²) in [5, 5.41) is 4.00. The van der Waals surface area contributed by atoms with Crippen molar-refractivity contribution in [2.45, 2.75) is 39.2 Å². The van der Waals surface area contributed by atoms with E-state index in [1.54, 1.807) is 0 Å². The number of benzene rings is 1. The number of para-hydroxylation sites is 1. The molecule has 1 aromatic heterocycles. The molecule has 0 unspecified atom stereocenters. The minimum atomic E-state index is -0.526. The lowest BCUT2D eigenvalue weighted by atomic mass is 10.1. The van der Waals surface area contributed by atoms with E-state index in [2.05, 4.69) is 10.1 Å². The zero-order chi connectivity index (χ0) is 14.6. The van der Waals surface area contributed by atoms with E-state index in [0.717, 1.165) is 17.7 Å². The standard InChI is InChI=1S/C15H21N3O2/c1-4-19-15(2,3)14-17-13(20-18-14)10-9-11-7-5-6-8-12(11)16/h5-8H,4,9-10,16H2,1-3H3. The topological polar surface area (TPSA) is 74.2 Å². The second-order valence-corrected chi connectivity index (χ2v) is 5.15. The normalized spacial score (nSPS) is 11.8. The van der Waals surface area contributed by atoms with Gasteiger partial charge in [0.2, 0.25) is 11.7 Å². The average molecular weight is 275 g/mol. The molecule has 0 aliphatic heterocycles. The predicted octanol–water partition coefficient (Wildman–Crippen LogP) is 2.71. The molecule has 0 spiro atoms. The molecular weight excluding hydrogens is 254 g/mol. The van der Waals surface area contributed by atoms with Gasteiger partial charge >= 0.3 is 0 Å². The summed E-state index contributed by atoms with van der Waals surface area (Å²) in [4.78, 5) is 4.40. The Morgan fingerprint density at radius 3 is 2.70 bits per heavy atom. The Balaban J connectivity index is 2.02. The molecule has 1 aromatic carbocycles. The quantitative estimate of drug-likeness (QED) is 0.820. The van der Waals surface area contributed by atoms with Gasteiger partial charge in [0.05, 0.1) is 0 Å².